The van der Waals surface area contributed by atoms with Crippen molar-refractivity contribution in [3.05, 3.63) is 51.5 Å². The summed E-state index contributed by atoms with van der Waals surface area (Å²) in [4.78, 5) is 5.35. The number of aryl methyl sites for hydroxylation is 1. The van der Waals surface area contributed by atoms with E-state index in [4.69, 9.17) is 0 Å². The molecule has 0 aliphatic carbocycles. The number of hydrogen-bond acceptors (Lipinski definition) is 3. The summed E-state index contributed by atoms with van der Waals surface area (Å²) < 4.78 is 38.1. The van der Waals surface area contributed by atoms with Crippen molar-refractivity contribution in [2.75, 3.05) is 0 Å². The molecule has 2 rings (SSSR count). The molecule has 0 amide bonds. The number of thiazole rings is 1. The van der Waals surface area contributed by atoms with Crippen molar-refractivity contribution in [2.45, 2.75) is 39.0 Å². The van der Waals surface area contributed by atoms with Crippen molar-refractivity contribution in [2.24, 2.45) is 0 Å². The van der Waals surface area contributed by atoms with Crippen LogP contribution in [-0.2, 0) is 19.1 Å². The first-order chi connectivity index (χ1) is 9.90. The van der Waals surface area contributed by atoms with E-state index in [-0.39, 0.29) is 6.04 Å². The molecule has 21 heavy (non-hydrogen) atoms. The second-order valence-corrected chi connectivity index (χ2v) is 6.00. The van der Waals surface area contributed by atoms with E-state index in [9.17, 15) is 13.2 Å². The Hall–Kier alpha value is -1.40. The van der Waals surface area contributed by atoms with Gasteiger partial charge in [0.2, 0.25) is 0 Å². The van der Waals surface area contributed by atoms with E-state index in [1.54, 1.807) is 17.4 Å². The van der Waals surface area contributed by atoms with Crippen molar-refractivity contribution in [1.29, 1.82) is 0 Å². The minimum absolute atomic E-state index is 0.153. The van der Waals surface area contributed by atoms with Gasteiger partial charge < -0.3 is 5.32 Å². The van der Waals surface area contributed by atoms with Crippen molar-refractivity contribution >= 4 is 11.3 Å². The molecule has 6 heteroatoms. The third-order valence-electron chi connectivity index (χ3n) is 3.20. The van der Waals surface area contributed by atoms with Gasteiger partial charge in [0.25, 0.3) is 0 Å². The van der Waals surface area contributed by atoms with Gasteiger partial charge in [-0.15, -0.1) is 11.3 Å². The van der Waals surface area contributed by atoms with Crippen LogP contribution in [0.4, 0.5) is 13.2 Å². The molecule has 1 atom stereocenters. The molecule has 0 aliphatic rings. The van der Waals surface area contributed by atoms with Crippen LogP contribution in [-0.4, -0.2) is 4.98 Å². The van der Waals surface area contributed by atoms with Crippen LogP contribution in [0.2, 0.25) is 0 Å². The zero-order valence-corrected chi connectivity index (χ0v) is 12.7. The highest BCUT2D eigenvalue weighted by Gasteiger charge is 2.30. The number of benzene rings is 1. The summed E-state index contributed by atoms with van der Waals surface area (Å²) in [6, 6.07) is 5.28. The first kappa shape index (κ1) is 16.0. The van der Waals surface area contributed by atoms with Gasteiger partial charge >= 0.3 is 6.18 Å². The van der Waals surface area contributed by atoms with Gasteiger partial charge in [-0.2, -0.15) is 13.2 Å². The predicted molar refractivity (Wildman–Crippen MR) is 78.2 cm³/mol. The van der Waals surface area contributed by atoms with Gasteiger partial charge in [-0.1, -0.05) is 19.1 Å². The van der Waals surface area contributed by atoms with Gasteiger partial charge in [-0.05, 0) is 31.0 Å². The molecule has 0 bridgehead atoms. The zero-order chi connectivity index (χ0) is 15.5. The van der Waals surface area contributed by atoms with Gasteiger partial charge in [0, 0.05) is 23.7 Å². The smallest absolute Gasteiger partial charge is 0.305 e. The van der Waals surface area contributed by atoms with E-state index in [1.165, 1.54) is 12.1 Å². The standard InChI is InChI=1S/C15H17F3N2S/c1-3-14-20-9-13(21-14)8-19-10(2)11-5-4-6-12(7-11)15(16,17)18/h4-7,9-10,19H,3,8H2,1-2H3. The average Bonchev–Trinajstić information content (AvgIpc) is 2.92. The highest BCUT2D eigenvalue weighted by molar-refractivity contribution is 7.11. The van der Waals surface area contributed by atoms with Crippen molar-refractivity contribution in [3.8, 4) is 0 Å². The van der Waals surface area contributed by atoms with E-state index in [1.807, 2.05) is 20.0 Å². The lowest BCUT2D eigenvalue weighted by Crippen LogP contribution is -2.18. The number of alkyl halides is 3. The topological polar surface area (TPSA) is 24.9 Å². The molecule has 1 aromatic carbocycles. The molecule has 0 aliphatic heterocycles. The van der Waals surface area contributed by atoms with Gasteiger partial charge in [0.15, 0.2) is 0 Å². The summed E-state index contributed by atoms with van der Waals surface area (Å²) in [7, 11) is 0. The van der Waals surface area contributed by atoms with E-state index in [0.29, 0.717) is 12.1 Å². The molecule has 2 aromatic rings. The number of rotatable bonds is 5. The van der Waals surface area contributed by atoms with Crippen LogP contribution < -0.4 is 5.32 Å². The number of nitrogens with zero attached hydrogens (tertiary/aromatic N) is 1. The quantitative estimate of drug-likeness (QED) is 0.874. The molecule has 114 valence electrons. The van der Waals surface area contributed by atoms with Crippen LogP contribution in [0.1, 0.15) is 40.9 Å². The molecule has 0 saturated carbocycles. The second kappa shape index (κ2) is 6.58. The van der Waals surface area contributed by atoms with Crippen LogP contribution in [0.5, 0.6) is 0 Å². The maximum Gasteiger partial charge on any atom is 0.416 e. The monoisotopic (exact) mass is 314 g/mol. The summed E-state index contributed by atoms with van der Waals surface area (Å²) in [6.07, 6.45) is -1.59. The van der Waals surface area contributed by atoms with E-state index < -0.39 is 11.7 Å². The summed E-state index contributed by atoms with van der Waals surface area (Å²) in [5, 5.41) is 4.30. The lowest BCUT2D eigenvalue weighted by molar-refractivity contribution is -0.137. The largest absolute Gasteiger partial charge is 0.416 e. The molecule has 0 spiro atoms. The highest BCUT2D eigenvalue weighted by atomic mass is 32.1. The third kappa shape index (κ3) is 4.28. The normalized spacial score (nSPS) is 13.4. The summed E-state index contributed by atoms with van der Waals surface area (Å²) in [5.74, 6) is 0. The molecule has 1 unspecified atom stereocenters. The number of aromatic nitrogens is 1. The first-order valence-corrected chi connectivity index (χ1v) is 7.56. The zero-order valence-electron chi connectivity index (χ0n) is 11.9. The molecule has 0 saturated heterocycles. The number of halogens is 3. The van der Waals surface area contributed by atoms with Crippen LogP contribution >= 0.6 is 11.3 Å². The maximum atomic E-state index is 12.7. The molecule has 1 aromatic heterocycles. The SMILES string of the molecule is CCc1ncc(CNC(C)c2cccc(C(F)(F)F)c2)s1. The number of hydrogen-bond donors (Lipinski definition) is 1. The fourth-order valence-electron chi connectivity index (χ4n) is 1.95. The molecule has 2 nitrogen and oxygen atoms in total. The molecule has 1 N–H and O–H groups in total. The lowest BCUT2D eigenvalue weighted by Gasteiger charge is -2.15. The van der Waals surface area contributed by atoms with Crippen molar-refractivity contribution in [1.82, 2.24) is 10.3 Å². The molecule has 0 fully saturated rings. The summed E-state index contributed by atoms with van der Waals surface area (Å²) in [6.45, 7) is 4.51. The fourth-order valence-corrected chi connectivity index (χ4v) is 2.76. The Bertz CT molecular complexity index is 593. The van der Waals surface area contributed by atoms with E-state index in [0.717, 1.165) is 22.4 Å². The highest BCUT2D eigenvalue weighted by Crippen LogP contribution is 2.30. The fraction of sp³-hybridized carbons (Fsp3) is 0.400. The maximum absolute atomic E-state index is 12.7. The van der Waals surface area contributed by atoms with Crippen molar-refractivity contribution in [3.63, 3.8) is 0 Å². The predicted octanol–water partition coefficient (Wildman–Crippen LogP) is 4.58. The van der Waals surface area contributed by atoms with Gasteiger partial charge in [0.1, 0.15) is 0 Å². The minimum atomic E-state index is -4.30. The molecule has 1 heterocycles. The van der Waals surface area contributed by atoms with Crippen molar-refractivity contribution < 1.29 is 13.2 Å². The summed E-state index contributed by atoms with van der Waals surface area (Å²) in [5.41, 5.74) is 0.0183. The lowest BCUT2D eigenvalue weighted by atomic mass is 10.0. The average molecular weight is 314 g/mol. The van der Waals surface area contributed by atoms with Crippen LogP contribution in [0.25, 0.3) is 0 Å². The molecular formula is C15H17F3N2S. The summed E-state index contributed by atoms with van der Waals surface area (Å²) >= 11 is 1.62. The minimum Gasteiger partial charge on any atom is -0.305 e. The Balaban J connectivity index is 2.01. The number of nitrogens with one attached hydrogen (secondary N) is 1. The third-order valence-corrected chi connectivity index (χ3v) is 4.34. The molecular weight excluding hydrogens is 297 g/mol. The van der Waals surface area contributed by atoms with E-state index in [2.05, 4.69) is 10.3 Å². The Morgan fingerprint density at radius 2 is 2.10 bits per heavy atom. The Morgan fingerprint density at radius 1 is 1.33 bits per heavy atom. The Labute approximate surface area is 126 Å². The van der Waals surface area contributed by atoms with Crippen LogP contribution in [0.15, 0.2) is 30.5 Å². The van der Waals surface area contributed by atoms with E-state index >= 15 is 0 Å². The van der Waals surface area contributed by atoms with Crippen LogP contribution in [0.3, 0.4) is 0 Å². The second-order valence-electron chi connectivity index (χ2n) is 4.80. The first-order valence-electron chi connectivity index (χ1n) is 6.74. The van der Waals surface area contributed by atoms with Crippen LogP contribution in [0, 0.1) is 0 Å². The Kier molecular flexibility index (Phi) is 5.00. The Morgan fingerprint density at radius 3 is 2.71 bits per heavy atom. The van der Waals surface area contributed by atoms with Gasteiger partial charge in [-0.3, -0.25) is 0 Å². The molecule has 0 radical (unpaired) electrons. The van der Waals surface area contributed by atoms with Gasteiger partial charge in [0.05, 0.1) is 10.6 Å². The van der Waals surface area contributed by atoms with Gasteiger partial charge in [-0.25, -0.2) is 4.98 Å².